The molecule has 0 bridgehead atoms. The summed E-state index contributed by atoms with van der Waals surface area (Å²) in [7, 11) is 0. The summed E-state index contributed by atoms with van der Waals surface area (Å²) in [5, 5.41) is 8.00. The van der Waals surface area contributed by atoms with Crippen molar-refractivity contribution in [2.75, 3.05) is 0 Å². The molecular weight excluding hydrogens is 215 g/mol. The Morgan fingerprint density at radius 2 is 1.64 bits per heavy atom. The number of rotatable bonds is 3. The van der Waals surface area contributed by atoms with Crippen LogP contribution >= 0.6 is 0 Å². The summed E-state index contributed by atoms with van der Waals surface area (Å²) in [5.74, 6) is -7.32. The van der Waals surface area contributed by atoms with Gasteiger partial charge in [-0.1, -0.05) is 0 Å². The van der Waals surface area contributed by atoms with Crippen LogP contribution in [0.2, 0.25) is 0 Å². The molecule has 0 aliphatic rings. The smallest absolute Gasteiger partial charge is 0.460 e. The molecule has 0 aliphatic heterocycles. The molecule has 14 heavy (non-hydrogen) atoms. The minimum absolute atomic E-state index is 0. The fourth-order valence-electron chi connectivity index (χ4n) is 0.563. The van der Waals surface area contributed by atoms with Crippen LogP contribution in [0.5, 0.6) is 0 Å². The summed E-state index contributed by atoms with van der Waals surface area (Å²) in [6.07, 6.45) is -6.76. The predicted octanol–water partition coefficient (Wildman–Crippen LogP) is 1.88. The van der Waals surface area contributed by atoms with Crippen molar-refractivity contribution in [3.8, 4) is 0 Å². The highest BCUT2D eigenvalue weighted by Gasteiger charge is 2.64. The molecule has 0 aromatic rings. The van der Waals surface area contributed by atoms with Crippen LogP contribution in [-0.4, -0.2) is 29.2 Å². The Morgan fingerprint density at radius 3 is 1.71 bits per heavy atom. The summed E-state index contributed by atoms with van der Waals surface area (Å²) >= 11 is 0. The molecule has 0 aromatic carbocycles. The third-order valence-electron chi connectivity index (χ3n) is 1.04. The van der Waals surface area contributed by atoms with Crippen LogP contribution in [0, 0.1) is 0 Å². The van der Waals surface area contributed by atoms with Gasteiger partial charge in [0.15, 0.2) is 0 Å². The lowest BCUT2D eigenvalue weighted by Crippen LogP contribution is -2.51. The Kier molecular flexibility index (Phi) is 5.04. The van der Waals surface area contributed by atoms with Crippen molar-refractivity contribution in [3.63, 3.8) is 0 Å². The quantitative estimate of drug-likeness (QED) is 0.744. The summed E-state index contributed by atoms with van der Waals surface area (Å²) in [5.41, 5.74) is 0. The van der Waals surface area contributed by atoms with Crippen molar-refractivity contribution in [1.82, 2.24) is 0 Å². The minimum Gasteiger partial charge on any atom is -0.477 e. The maximum atomic E-state index is 12.7. The van der Waals surface area contributed by atoms with E-state index in [1.165, 1.54) is 0 Å². The summed E-state index contributed by atoms with van der Waals surface area (Å²) in [4.78, 5) is 9.98. The number of hydrogen-bond donors (Lipinski definition) is 1. The molecule has 0 rings (SSSR count). The van der Waals surface area contributed by atoms with E-state index < -0.39 is 24.1 Å². The topological polar surface area (TPSA) is 46.5 Å². The molecule has 1 N–H and O–H groups in total. The van der Waals surface area contributed by atoms with Gasteiger partial charge in [-0.2, -0.15) is 17.6 Å². The van der Waals surface area contributed by atoms with Crippen LogP contribution in [0.25, 0.3) is 0 Å². The van der Waals surface area contributed by atoms with Gasteiger partial charge in [-0.3, -0.25) is 4.70 Å². The lowest BCUT2D eigenvalue weighted by molar-refractivity contribution is -0.330. The van der Waals surface area contributed by atoms with E-state index in [1.54, 1.807) is 0 Å². The fourth-order valence-corrected chi connectivity index (χ4v) is 0.563. The molecule has 1 atom stereocenters. The Balaban J connectivity index is 0. The molecule has 0 heterocycles. The second-order valence-electron chi connectivity index (χ2n) is 2.56. The lowest BCUT2D eigenvalue weighted by Gasteiger charge is -2.25. The molecule has 86 valence electrons. The maximum absolute atomic E-state index is 12.7. The van der Waals surface area contributed by atoms with Crippen LogP contribution in [-0.2, 0) is 9.53 Å². The highest BCUT2D eigenvalue weighted by Crippen LogP contribution is 2.36. The van der Waals surface area contributed by atoms with E-state index in [0.29, 0.717) is 0 Å². The van der Waals surface area contributed by atoms with E-state index in [-0.39, 0.29) is 4.70 Å². The Bertz CT molecular complexity index is 202. The van der Waals surface area contributed by atoms with Crippen LogP contribution in [0.1, 0.15) is 13.8 Å². The van der Waals surface area contributed by atoms with Crippen molar-refractivity contribution in [3.05, 3.63) is 0 Å². The molecule has 0 saturated heterocycles. The number of ether oxygens (including phenoxy) is 1. The lowest BCUT2D eigenvalue weighted by atomic mass is 10.3. The molecule has 0 amide bonds. The maximum Gasteiger partial charge on any atom is 0.460 e. The second-order valence-corrected chi connectivity index (χ2v) is 2.56. The molecule has 0 aromatic heterocycles. The fraction of sp³-hybridized carbons (Fsp3) is 0.833. The molecule has 0 radical (unpaired) electrons. The number of carboxylic acid groups (broad SMARTS) is 1. The molecule has 0 aliphatic carbocycles. The molecule has 0 spiro atoms. The van der Waals surface area contributed by atoms with E-state index >= 15 is 0 Å². The first-order valence-electron chi connectivity index (χ1n) is 3.28. The monoisotopic (exact) mass is 224 g/mol. The van der Waals surface area contributed by atoms with E-state index in [4.69, 9.17) is 5.11 Å². The molecule has 8 heteroatoms. The average molecular weight is 224 g/mol. The van der Waals surface area contributed by atoms with Gasteiger partial charge in [0.2, 0.25) is 0 Å². The minimum atomic E-state index is -5.58. The van der Waals surface area contributed by atoms with Gasteiger partial charge in [0.05, 0.1) is 6.10 Å². The van der Waals surface area contributed by atoms with Gasteiger partial charge < -0.3 is 9.84 Å². The molecule has 3 nitrogen and oxygen atoms in total. The average Bonchev–Trinajstić information content (AvgIpc) is 1.82. The highest BCUT2D eigenvalue weighted by molar-refractivity contribution is 5.76. The third kappa shape index (κ3) is 3.09. The van der Waals surface area contributed by atoms with Crippen molar-refractivity contribution in [1.29, 1.82) is 0 Å². The van der Waals surface area contributed by atoms with Gasteiger partial charge in [-0.25, -0.2) is 4.79 Å². The van der Waals surface area contributed by atoms with Crippen LogP contribution in [0.4, 0.5) is 22.3 Å². The largest absolute Gasteiger partial charge is 0.477 e. The van der Waals surface area contributed by atoms with Crippen molar-refractivity contribution < 1.29 is 36.9 Å². The number of carbonyl (C=O) groups is 1. The molecule has 0 saturated carbocycles. The first-order chi connectivity index (χ1) is 5.61. The van der Waals surface area contributed by atoms with E-state index in [1.807, 2.05) is 0 Å². The SMILES string of the molecule is CC(C)OC(F)(C(=O)O)C(F)(F)F.F. The van der Waals surface area contributed by atoms with Crippen LogP contribution in [0.15, 0.2) is 0 Å². The van der Waals surface area contributed by atoms with Gasteiger partial charge in [-0.05, 0) is 13.8 Å². The third-order valence-corrected chi connectivity index (χ3v) is 1.04. The number of hydrogen-bond acceptors (Lipinski definition) is 2. The zero-order valence-electron chi connectivity index (χ0n) is 7.26. The Morgan fingerprint density at radius 1 is 1.29 bits per heavy atom. The number of halogens is 5. The molecule has 1 unspecified atom stereocenters. The van der Waals surface area contributed by atoms with Gasteiger partial charge >= 0.3 is 18.0 Å². The Hall–Kier alpha value is -0.920. The second kappa shape index (κ2) is 4.54. The number of aliphatic carboxylic acids is 1. The van der Waals surface area contributed by atoms with Crippen molar-refractivity contribution >= 4 is 5.97 Å². The summed E-state index contributed by atoms with van der Waals surface area (Å²) < 4.78 is 51.9. The Labute approximate surface area is 76.0 Å². The van der Waals surface area contributed by atoms with Crippen molar-refractivity contribution in [2.45, 2.75) is 32.0 Å². The first kappa shape index (κ1) is 15.5. The zero-order chi connectivity index (χ0) is 10.9. The normalized spacial score (nSPS) is 15.9. The summed E-state index contributed by atoms with van der Waals surface area (Å²) in [6.45, 7) is 2.20. The standard InChI is InChI=1S/C6H8F4O3.FH/c1-3(2)13-5(7,4(11)12)6(8,9)10;/h3H,1-2H3,(H,11,12);1H. The highest BCUT2D eigenvalue weighted by atomic mass is 19.4. The predicted molar refractivity (Wildman–Crippen MR) is 36.3 cm³/mol. The summed E-state index contributed by atoms with van der Waals surface area (Å²) in [6, 6.07) is 0. The van der Waals surface area contributed by atoms with Crippen LogP contribution in [0.3, 0.4) is 0 Å². The van der Waals surface area contributed by atoms with Gasteiger partial charge in [0.1, 0.15) is 0 Å². The van der Waals surface area contributed by atoms with E-state index in [9.17, 15) is 22.4 Å². The van der Waals surface area contributed by atoms with E-state index in [0.717, 1.165) is 13.8 Å². The van der Waals surface area contributed by atoms with E-state index in [2.05, 4.69) is 4.74 Å². The van der Waals surface area contributed by atoms with Gasteiger partial charge in [0.25, 0.3) is 0 Å². The zero-order valence-corrected chi connectivity index (χ0v) is 7.26. The number of carboxylic acids is 1. The van der Waals surface area contributed by atoms with Gasteiger partial charge in [-0.15, -0.1) is 0 Å². The number of alkyl halides is 4. The molecule has 0 fully saturated rings. The van der Waals surface area contributed by atoms with Gasteiger partial charge in [0, 0.05) is 0 Å². The van der Waals surface area contributed by atoms with Crippen LogP contribution < -0.4 is 0 Å². The van der Waals surface area contributed by atoms with Crippen molar-refractivity contribution in [2.24, 2.45) is 0 Å². The first-order valence-corrected chi connectivity index (χ1v) is 3.28. The molecular formula is C6H9F5O3.